The summed E-state index contributed by atoms with van der Waals surface area (Å²) in [4.78, 5) is 25.4. The van der Waals surface area contributed by atoms with E-state index in [-0.39, 0.29) is 24.6 Å². The van der Waals surface area contributed by atoms with E-state index in [2.05, 4.69) is 6.58 Å². The summed E-state index contributed by atoms with van der Waals surface area (Å²) in [5, 5.41) is 9.45. The Bertz CT molecular complexity index is 941. The Morgan fingerprint density at radius 3 is 1.91 bits per heavy atom. The first kappa shape index (κ1) is 24.6. The average molecular weight is 437 g/mol. The minimum absolute atomic E-state index is 0.183. The van der Waals surface area contributed by atoms with Gasteiger partial charge >= 0.3 is 0 Å². The van der Waals surface area contributed by atoms with Crippen LogP contribution in [-0.4, -0.2) is 38.0 Å². The SMILES string of the molecule is C=CCC(C(=O)/C=C/c1ccc(OC)c(CO)c1)C(=O)/C=C/c1ccc(OC)c(OC)c1. The molecule has 0 aliphatic heterocycles. The highest BCUT2D eigenvalue weighted by Gasteiger charge is 2.21. The summed E-state index contributed by atoms with van der Waals surface area (Å²) in [5.41, 5.74) is 2.07. The van der Waals surface area contributed by atoms with Gasteiger partial charge in [0.15, 0.2) is 23.1 Å². The van der Waals surface area contributed by atoms with Gasteiger partial charge in [0.1, 0.15) is 5.75 Å². The third-order valence-electron chi connectivity index (χ3n) is 4.85. The number of rotatable bonds is 12. The summed E-state index contributed by atoms with van der Waals surface area (Å²) < 4.78 is 15.7. The standard InChI is InChI=1S/C26H28O6/c1-5-6-21(22(28)11-7-18-9-13-24(30-2)20(15-18)17-27)23(29)12-8-19-10-14-25(31-3)26(16-19)32-4/h5,7-16,21,27H,1,6,17H2,2-4H3/b11-7+,12-8+. The van der Waals surface area contributed by atoms with Gasteiger partial charge in [0.05, 0.1) is 33.9 Å². The fraction of sp³-hybridized carbons (Fsp3) is 0.231. The molecule has 1 atom stereocenters. The van der Waals surface area contributed by atoms with Gasteiger partial charge in [0.25, 0.3) is 0 Å². The second-order valence-corrected chi connectivity index (χ2v) is 6.89. The molecule has 2 aromatic rings. The van der Waals surface area contributed by atoms with Crippen molar-refractivity contribution in [1.29, 1.82) is 0 Å². The second-order valence-electron chi connectivity index (χ2n) is 6.89. The van der Waals surface area contributed by atoms with Gasteiger partial charge in [-0.15, -0.1) is 6.58 Å². The molecule has 1 N–H and O–H groups in total. The summed E-state index contributed by atoms with van der Waals surface area (Å²) in [6.45, 7) is 3.48. The minimum Gasteiger partial charge on any atom is -0.496 e. The zero-order chi connectivity index (χ0) is 23.5. The average Bonchev–Trinajstić information content (AvgIpc) is 2.83. The largest absolute Gasteiger partial charge is 0.496 e. The van der Waals surface area contributed by atoms with Crippen molar-refractivity contribution < 1.29 is 28.9 Å². The number of allylic oxidation sites excluding steroid dienone is 3. The van der Waals surface area contributed by atoms with Crippen LogP contribution in [0, 0.1) is 5.92 Å². The highest BCUT2D eigenvalue weighted by molar-refractivity contribution is 6.13. The molecule has 2 rings (SSSR count). The molecule has 168 valence electrons. The first-order valence-electron chi connectivity index (χ1n) is 10.0. The molecule has 0 amide bonds. The highest BCUT2D eigenvalue weighted by atomic mass is 16.5. The van der Waals surface area contributed by atoms with Gasteiger partial charge < -0.3 is 19.3 Å². The molecule has 0 spiro atoms. The monoisotopic (exact) mass is 436 g/mol. The smallest absolute Gasteiger partial charge is 0.166 e. The van der Waals surface area contributed by atoms with Gasteiger partial charge in [-0.25, -0.2) is 0 Å². The van der Waals surface area contributed by atoms with E-state index in [0.717, 1.165) is 5.56 Å². The fourth-order valence-electron chi connectivity index (χ4n) is 3.11. The Morgan fingerprint density at radius 2 is 1.41 bits per heavy atom. The van der Waals surface area contributed by atoms with Crippen LogP contribution in [0.25, 0.3) is 12.2 Å². The Morgan fingerprint density at radius 1 is 0.875 bits per heavy atom. The molecule has 0 radical (unpaired) electrons. The summed E-state index contributed by atoms with van der Waals surface area (Å²) in [6, 6.07) is 10.5. The van der Waals surface area contributed by atoms with Crippen molar-refractivity contribution in [2.24, 2.45) is 5.92 Å². The van der Waals surface area contributed by atoms with Gasteiger partial charge in [-0.05, 0) is 54.0 Å². The van der Waals surface area contributed by atoms with Crippen molar-refractivity contribution in [1.82, 2.24) is 0 Å². The first-order chi connectivity index (χ1) is 15.5. The normalized spacial score (nSPS) is 12.0. The van der Waals surface area contributed by atoms with Gasteiger partial charge in [0, 0.05) is 5.56 Å². The van der Waals surface area contributed by atoms with E-state index in [1.165, 1.54) is 26.4 Å². The lowest BCUT2D eigenvalue weighted by Gasteiger charge is -2.09. The van der Waals surface area contributed by atoms with Crippen LogP contribution in [0.1, 0.15) is 23.1 Å². The Kier molecular flexibility index (Phi) is 9.44. The van der Waals surface area contributed by atoms with Crippen molar-refractivity contribution >= 4 is 23.7 Å². The summed E-state index contributed by atoms with van der Waals surface area (Å²) in [5.74, 6) is 0.189. The van der Waals surface area contributed by atoms with Crippen LogP contribution >= 0.6 is 0 Å². The molecular formula is C26H28O6. The lowest BCUT2D eigenvalue weighted by molar-refractivity contribution is -0.127. The molecule has 0 aromatic heterocycles. The molecule has 0 fully saturated rings. The van der Waals surface area contributed by atoms with E-state index in [0.29, 0.717) is 28.4 Å². The van der Waals surface area contributed by atoms with E-state index in [1.54, 1.807) is 61.7 Å². The van der Waals surface area contributed by atoms with Crippen LogP contribution in [0.5, 0.6) is 17.2 Å². The van der Waals surface area contributed by atoms with Crippen molar-refractivity contribution in [3.8, 4) is 17.2 Å². The van der Waals surface area contributed by atoms with Gasteiger partial charge in [-0.2, -0.15) is 0 Å². The summed E-state index contributed by atoms with van der Waals surface area (Å²) in [7, 11) is 4.61. The molecule has 0 bridgehead atoms. The quantitative estimate of drug-likeness (QED) is 0.304. The maximum absolute atomic E-state index is 12.7. The second kappa shape index (κ2) is 12.3. The number of aliphatic hydroxyl groups excluding tert-OH is 1. The molecule has 0 heterocycles. The Hall–Kier alpha value is -3.64. The predicted octanol–water partition coefficient (Wildman–Crippen LogP) is 4.26. The number of ether oxygens (including phenoxy) is 3. The molecular weight excluding hydrogens is 408 g/mol. The summed E-state index contributed by atoms with van der Waals surface area (Å²) >= 11 is 0. The van der Waals surface area contributed by atoms with E-state index in [9.17, 15) is 14.7 Å². The molecule has 2 aromatic carbocycles. The predicted molar refractivity (Wildman–Crippen MR) is 125 cm³/mol. The molecule has 1 unspecified atom stereocenters. The fourth-order valence-corrected chi connectivity index (χ4v) is 3.11. The Balaban J connectivity index is 2.17. The minimum atomic E-state index is -0.865. The van der Waals surface area contributed by atoms with Crippen LogP contribution in [0.3, 0.4) is 0 Å². The third kappa shape index (κ3) is 6.43. The lowest BCUT2D eigenvalue weighted by Crippen LogP contribution is -2.20. The van der Waals surface area contributed by atoms with E-state index in [4.69, 9.17) is 14.2 Å². The zero-order valence-electron chi connectivity index (χ0n) is 18.5. The number of carbonyl (C=O) groups excluding carboxylic acids is 2. The lowest BCUT2D eigenvalue weighted by atomic mass is 9.93. The van der Waals surface area contributed by atoms with Crippen molar-refractivity contribution in [2.75, 3.05) is 21.3 Å². The van der Waals surface area contributed by atoms with Crippen LogP contribution in [-0.2, 0) is 16.2 Å². The molecule has 0 saturated carbocycles. The number of carbonyl (C=O) groups is 2. The number of ketones is 2. The van der Waals surface area contributed by atoms with Crippen LogP contribution in [0.4, 0.5) is 0 Å². The van der Waals surface area contributed by atoms with E-state index in [1.807, 2.05) is 0 Å². The molecule has 0 saturated heterocycles. The van der Waals surface area contributed by atoms with Crippen LogP contribution in [0.2, 0.25) is 0 Å². The number of methoxy groups -OCH3 is 3. The van der Waals surface area contributed by atoms with Crippen molar-refractivity contribution in [3.63, 3.8) is 0 Å². The van der Waals surface area contributed by atoms with Crippen LogP contribution < -0.4 is 14.2 Å². The molecule has 6 heteroatoms. The van der Waals surface area contributed by atoms with Crippen molar-refractivity contribution in [2.45, 2.75) is 13.0 Å². The maximum Gasteiger partial charge on any atom is 0.166 e. The van der Waals surface area contributed by atoms with Gasteiger partial charge in [-0.3, -0.25) is 9.59 Å². The van der Waals surface area contributed by atoms with Gasteiger partial charge in [-0.1, -0.05) is 30.4 Å². The number of hydrogen-bond donors (Lipinski definition) is 1. The van der Waals surface area contributed by atoms with Crippen LogP contribution in [0.15, 0.2) is 61.2 Å². The van der Waals surface area contributed by atoms with E-state index < -0.39 is 5.92 Å². The number of hydrogen-bond acceptors (Lipinski definition) is 6. The zero-order valence-corrected chi connectivity index (χ0v) is 18.5. The number of benzene rings is 2. The first-order valence-corrected chi connectivity index (χ1v) is 10.0. The molecule has 0 aliphatic rings. The van der Waals surface area contributed by atoms with Gasteiger partial charge in [0.2, 0.25) is 0 Å². The topological polar surface area (TPSA) is 82.1 Å². The molecule has 32 heavy (non-hydrogen) atoms. The third-order valence-corrected chi connectivity index (χ3v) is 4.85. The maximum atomic E-state index is 12.7. The number of aliphatic hydroxyl groups is 1. The van der Waals surface area contributed by atoms with E-state index >= 15 is 0 Å². The highest BCUT2D eigenvalue weighted by Crippen LogP contribution is 2.28. The van der Waals surface area contributed by atoms with Crippen molar-refractivity contribution in [3.05, 3.63) is 77.9 Å². The molecule has 6 nitrogen and oxygen atoms in total. The molecule has 0 aliphatic carbocycles. The Labute approximate surface area is 188 Å². The summed E-state index contributed by atoms with van der Waals surface area (Å²) in [6.07, 6.45) is 7.78.